The van der Waals surface area contributed by atoms with E-state index in [-0.39, 0.29) is 6.04 Å². The number of benzene rings is 2. The molecule has 2 aromatic carbocycles. The van der Waals surface area contributed by atoms with Gasteiger partial charge in [-0.1, -0.05) is 29.4 Å². The van der Waals surface area contributed by atoms with Crippen LogP contribution in [0.5, 0.6) is 0 Å². The van der Waals surface area contributed by atoms with E-state index in [1.54, 1.807) is 18.2 Å². The van der Waals surface area contributed by atoms with E-state index in [4.69, 9.17) is 15.5 Å². The van der Waals surface area contributed by atoms with Crippen LogP contribution in [0.2, 0.25) is 0 Å². The van der Waals surface area contributed by atoms with Gasteiger partial charge in [0.25, 0.3) is 5.89 Å². The first kappa shape index (κ1) is 13.7. The fourth-order valence-electron chi connectivity index (χ4n) is 3.07. The number of hydrogen-bond acceptors (Lipinski definition) is 5. The summed E-state index contributed by atoms with van der Waals surface area (Å²) >= 11 is 0. The van der Waals surface area contributed by atoms with E-state index >= 15 is 0 Å². The second-order valence-electron chi connectivity index (χ2n) is 5.63. The SMILES string of the molecule is N#Cc1cccc(-c2nc(-c3cccc4c3CC[C@@H]4N)no2)c1. The first-order chi connectivity index (χ1) is 11.3. The van der Waals surface area contributed by atoms with Crippen molar-refractivity contribution >= 4 is 0 Å². The van der Waals surface area contributed by atoms with Gasteiger partial charge < -0.3 is 10.3 Å². The van der Waals surface area contributed by atoms with E-state index < -0.39 is 0 Å². The molecule has 3 aromatic rings. The smallest absolute Gasteiger partial charge is 0.258 e. The molecule has 0 saturated carbocycles. The highest BCUT2D eigenvalue weighted by atomic mass is 16.5. The molecular weight excluding hydrogens is 288 g/mol. The average molecular weight is 302 g/mol. The Balaban J connectivity index is 1.76. The first-order valence-corrected chi connectivity index (χ1v) is 7.48. The van der Waals surface area contributed by atoms with E-state index in [2.05, 4.69) is 22.3 Å². The summed E-state index contributed by atoms with van der Waals surface area (Å²) in [6.07, 6.45) is 1.88. The van der Waals surface area contributed by atoms with Gasteiger partial charge in [-0.15, -0.1) is 0 Å². The minimum atomic E-state index is 0.0867. The van der Waals surface area contributed by atoms with Gasteiger partial charge in [0.1, 0.15) is 0 Å². The molecule has 0 spiro atoms. The molecule has 0 bridgehead atoms. The molecular formula is C18H14N4O. The maximum absolute atomic E-state index is 8.99. The zero-order chi connectivity index (χ0) is 15.8. The van der Waals surface area contributed by atoms with Crippen LogP contribution in [0.15, 0.2) is 47.0 Å². The molecule has 0 saturated heterocycles. The topological polar surface area (TPSA) is 88.7 Å². The standard InChI is InChI=1S/C18H14N4O/c19-10-11-3-1-4-12(9-11)18-21-17(22-23-18)15-6-2-5-14-13(15)7-8-16(14)20/h1-6,9,16H,7-8,20H2/t16-/m0/s1. The van der Waals surface area contributed by atoms with Crippen LogP contribution in [0, 0.1) is 11.3 Å². The minimum Gasteiger partial charge on any atom is -0.334 e. The van der Waals surface area contributed by atoms with E-state index in [1.807, 2.05) is 18.2 Å². The Kier molecular flexibility index (Phi) is 3.18. The number of nitriles is 1. The first-order valence-electron chi connectivity index (χ1n) is 7.48. The third kappa shape index (κ3) is 2.30. The second kappa shape index (κ2) is 5.34. The molecule has 0 fully saturated rings. The highest BCUT2D eigenvalue weighted by Crippen LogP contribution is 2.36. The van der Waals surface area contributed by atoms with Crippen molar-refractivity contribution in [2.24, 2.45) is 5.73 Å². The van der Waals surface area contributed by atoms with Crippen molar-refractivity contribution in [2.75, 3.05) is 0 Å². The third-order valence-corrected chi connectivity index (χ3v) is 4.22. The van der Waals surface area contributed by atoms with Crippen LogP contribution in [-0.4, -0.2) is 10.1 Å². The molecule has 2 N–H and O–H groups in total. The Hall–Kier alpha value is -2.97. The van der Waals surface area contributed by atoms with Gasteiger partial charge in [-0.05, 0) is 42.2 Å². The number of nitrogens with two attached hydrogens (primary N) is 1. The summed E-state index contributed by atoms with van der Waals surface area (Å²) in [5, 5.41) is 13.1. The predicted octanol–water partition coefficient (Wildman–Crippen LogP) is 3.22. The molecule has 4 rings (SSSR count). The summed E-state index contributed by atoms with van der Waals surface area (Å²) in [7, 11) is 0. The number of hydrogen-bond donors (Lipinski definition) is 1. The number of nitrogens with zero attached hydrogens (tertiary/aromatic N) is 3. The summed E-state index contributed by atoms with van der Waals surface area (Å²) in [6.45, 7) is 0. The van der Waals surface area contributed by atoms with Crippen molar-refractivity contribution in [3.63, 3.8) is 0 Å². The molecule has 5 nitrogen and oxygen atoms in total. The van der Waals surface area contributed by atoms with Crippen LogP contribution in [-0.2, 0) is 6.42 Å². The maximum Gasteiger partial charge on any atom is 0.258 e. The average Bonchev–Trinajstić information content (AvgIpc) is 3.22. The van der Waals surface area contributed by atoms with E-state index in [9.17, 15) is 0 Å². The van der Waals surface area contributed by atoms with Gasteiger partial charge in [0.2, 0.25) is 5.82 Å². The van der Waals surface area contributed by atoms with Crippen molar-refractivity contribution in [2.45, 2.75) is 18.9 Å². The quantitative estimate of drug-likeness (QED) is 0.785. The summed E-state index contributed by atoms with van der Waals surface area (Å²) in [4.78, 5) is 4.50. The number of rotatable bonds is 2. The molecule has 0 radical (unpaired) electrons. The third-order valence-electron chi connectivity index (χ3n) is 4.22. The molecule has 23 heavy (non-hydrogen) atoms. The zero-order valence-electron chi connectivity index (χ0n) is 12.4. The molecule has 0 amide bonds. The Morgan fingerprint density at radius 3 is 2.96 bits per heavy atom. The lowest BCUT2D eigenvalue weighted by Gasteiger charge is -2.06. The molecule has 1 atom stereocenters. The molecule has 112 valence electrons. The Morgan fingerprint density at radius 1 is 1.22 bits per heavy atom. The molecule has 1 aliphatic rings. The van der Waals surface area contributed by atoms with Gasteiger partial charge in [0.15, 0.2) is 0 Å². The van der Waals surface area contributed by atoms with Crippen LogP contribution in [0.3, 0.4) is 0 Å². The molecule has 0 aliphatic heterocycles. The lowest BCUT2D eigenvalue weighted by atomic mass is 10.0. The van der Waals surface area contributed by atoms with Crippen LogP contribution in [0.4, 0.5) is 0 Å². The number of fused-ring (bicyclic) bond motifs is 1. The van der Waals surface area contributed by atoms with Gasteiger partial charge in [-0.2, -0.15) is 10.2 Å². The summed E-state index contributed by atoms with van der Waals surface area (Å²) in [5.41, 5.74) is 10.8. The van der Waals surface area contributed by atoms with Gasteiger partial charge >= 0.3 is 0 Å². The van der Waals surface area contributed by atoms with Crippen LogP contribution in [0.25, 0.3) is 22.8 Å². The van der Waals surface area contributed by atoms with Crippen molar-refractivity contribution in [1.82, 2.24) is 10.1 Å². The molecule has 1 heterocycles. The Labute approximate surface area is 133 Å². The van der Waals surface area contributed by atoms with Crippen molar-refractivity contribution in [3.8, 4) is 28.9 Å². The largest absolute Gasteiger partial charge is 0.334 e. The van der Waals surface area contributed by atoms with Crippen LogP contribution in [0.1, 0.15) is 29.2 Å². The van der Waals surface area contributed by atoms with Crippen LogP contribution >= 0.6 is 0 Å². The van der Waals surface area contributed by atoms with Crippen molar-refractivity contribution < 1.29 is 4.52 Å². The second-order valence-corrected chi connectivity index (χ2v) is 5.63. The van der Waals surface area contributed by atoms with E-state index in [0.29, 0.717) is 17.3 Å². The zero-order valence-corrected chi connectivity index (χ0v) is 12.4. The van der Waals surface area contributed by atoms with Crippen LogP contribution < -0.4 is 5.73 Å². The van der Waals surface area contributed by atoms with Gasteiger partial charge in [-0.3, -0.25) is 0 Å². The van der Waals surface area contributed by atoms with E-state index in [1.165, 1.54) is 11.1 Å². The van der Waals surface area contributed by atoms with Gasteiger partial charge in [0.05, 0.1) is 11.6 Å². The normalized spacial score (nSPS) is 16.1. The molecule has 1 aromatic heterocycles. The van der Waals surface area contributed by atoms with Crippen molar-refractivity contribution in [3.05, 3.63) is 59.2 Å². The van der Waals surface area contributed by atoms with E-state index in [0.717, 1.165) is 24.0 Å². The lowest BCUT2D eigenvalue weighted by Crippen LogP contribution is -2.04. The minimum absolute atomic E-state index is 0.0867. The lowest BCUT2D eigenvalue weighted by molar-refractivity contribution is 0.432. The highest BCUT2D eigenvalue weighted by Gasteiger charge is 2.24. The summed E-state index contributed by atoms with van der Waals surface area (Å²) in [5.74, 6) is 0.977. The monoisotopic (exact) mass is 302 g/mol. The molecule has 1 aliphatic carbocycles. The highest BCUT2D eigenvalue weighted by molar-refractivity contribution is 5.66. The molecule has 0 unspecified atom stereocenters. The predicted molar refractivity (Wildman–Crippen MR) is 85.1 cm³/mol. The van der Waals surface area contributed by atoms with Gasteiger partial charge in [-0.25, -0.2) is 0 Å². The van der Waals surface area contributed by atoms with Crippen molar-refractivity contribution in [1.29, 1.82) is 5.26 Å². The molecule has 5 heteroatoms. The summed E-state index contributed by atoms with van der Waals surface area (Å²) in [6, 6.07) is 15.4. The Morgan fingerprint density at radius 2 is 2.09 bits per heavy atom. The maximum atomic E-state index is 8.99. The fourth-order valence-corrected chi connectivity index (χ4v) is 3.07. The fraction of sp³-hybridized carbons (Fsp3) is 0.167. The van der Waals surface area contributed by atoms with Gasteiger partial charge in [0, 0.05) is 17.2 Å². The summed E-state index contributed by atoms with van der Waals surface area (Å²) < 4.78 is 5.39. The Bertz CT molecular complexity index is 923. The number of aromatic nitrogens is 2.